The van der Waals surface area contributed by atoms with Crippen LogP contribution in [-0.2, 0) is 22.4 Å². The second kappa shape index (κ2) is 7.77. The number of fused-ring (bicyclic) bond motifs is 1. The third-order valence-corrected chi connectivity index (χ3v) is 5.05. The molecule has 1 N–H and O–H groups in total. The van der Waals surface area contributed by atoms with Crippen LogP contribution in [0.2, 0.25) is 0 Å². The highest BCUT2D eigenvalue weighted by Gasteiger charge is 2.29. The summed E-state index contributed by atoms with van der Waals surface area (Å²) >= 11 is 1.55. The molecule has 0 aromatic carbocycles. The number of hydrogen-bond donors (Lipinski definition) is 1. The molecular formula is C17H25NO3S. The number of thiophene rings is 1. The molecule has 1 heterocycles. The highest BCUT2D eigenvalue weighted by Crippen LogP contribution is 2.40. The van der Waals surface area contributed by atoms with E-state index in [0.717, 1.165) is 37.7 Å². The van der Waals surface area contributed by atoms with Crippen LogP contribution in [-0.4, -0.2) is 18.5 Å². The third-order valence-electron chi connectivity index (χ3n) is 3.88. The largest absolute Gasteiger partial charge is 0.462 e. The Morgan fingerprint density at radius 3 is 2.77 bits per heavy atom. The molecule has 1 unspecified atom stereocenters. The molecule has 0 spiro atoms. The van der Waals surface area contributed by atoms with Crippen molar-refractivity contribution in [3.05, 3.63) is 16.0 Å². The van der Waals surface area contributed by atoms with E-state index in [1.54, 1.807) is 11.3 Å². The van der Waals surface area contributed by atoms with Crippen molar-refractivity contribution in [2.24, 2.45) is 5.92 Å². The Morgan fingerprint density at radius 2 is 2.09 bits per heavy atom. The monoisotopic (exact) mass is 323 g/mol. The zero-order valence-corrected chi connectivity index (χ0v) is 14.5. The van der Waals surface area contributed by atoms with Crippen molar-refractivity contribution in [1.29, 1.82) is 0 Å². The number of esters is 1. The van der Waals surface area contributed by atoms with Crippen LogP contribution in [0.25, 0.3) is 0 Å². The van der Waals surface area contributed by atoms with E-state index in [0.29, 0.717) is 29.5 Å². The predicted molar refractivity (Wildman–Crippen MR) is 89.6 cm³/mol. The molecule has 1 aliphatic rings. The number of hydrogen-bond acceptors (Lipinski definition) is 4. The van der Waals surface area contributed by atoms with E-state index in [-0.39, 0.29) is 11.9 Å². The Labute approximate surface area is 136 Å². The van der Waals surface area contributed by atoms with E-state index in [9.17, 15) is 9.59 Å². The van der Waals surface area contributed by atoms with Gasteiger partial charge in [0.2, 0.25) is 5.91 Å². The Balaban J connectivity index is 2.30. The minimum atomic E-state index is -0.291. The zero-order valence-electron chi connectivity index (χ0n) is 13.7. The first-order valence-corrected chi connectivity index (χ1v) is 8.99. The summed E-state index contributed by atoms with van der Waals surface area (Å²) in [5, 5.41) is 3.60. The van der Waals surface area contributed by atoms with Gasteiger partial charge in [-0.1, -0.05) is 20.8 Å². The summed E-state index contributed by atoms with van der Waals surface area (Å²) in [6.45, 7) is 6.59. The average molecular weight is 323 g/mol. The molecule has 0 fully saturated rings. The molecule has 22 heavy (non-hydrogen) atoms. The molecule has 2 rings (SSSR count). The van der Waals surface area contributed by atoms with Crippen molar-refractivity contribution < 1.29 is 14.3 Å². The molecule has 0 aliphatic heterocycles. The maximum atomic E-state index is 12.4. The van der Waals surface area contributed by atoms with Crippen molar-refractivity contribution in [2.75, 3.05) is 11.9 Å². The average Bonchev–Trinajstić information content (AvgIpc) is 2.81. The highest BCUT2D eigenvalue weighted by molar-refractivity contribution is 7.17. The van der Waals surface area contributed by atoms with E-state index >= 15 is 0 Å². The van der Waals surface area contributed by atoms with Gasteiger partial charge in [0.05, 0.1) is 12.2 Å². The Bertz CT molecular complexity index is 550. The summed E-state index contributed by atoms with van der Waals surface area (Å²) in [5.41, 5.74) is 1.70. The van der Waals surface area contributed by atoms with Crippen LogP contribution in [0, 0.1) is 5.92 Å². The van der Waals surface area contributed by atoms with Gasteiger partial charge in [-0.2, -0.15) is 0 Å². The fourth-order valence-corrected chi connectivity index (χ4v) is 4.15. The number of carbonyl (C=O) groups is 2. The number of ether oxygens (including phenoxy) is 1. The van der Waals surface area contributed by atoms with Crippen LogP contribution in [0.15, 0.2) is 0 Å². The van der Waals surface area contributed by atoms with Crippen molar-refractivity contribution in [3.63, 3.8) is 0 Å². The predicted octanol–water partition coefficient (Wildman–Crippen LogP) is 4.18. The Hall–Kier alpha value is -1.36. The molecule has 122 valence electrons. The van der Waals surface area contributed by atoms with Crippen LogP contribution >= 0.6 is 11.3 Å². The van der Waals surface area contributed by atoms with Crippen LogP contribution in [0.3, 0.4) is 0 Å². The summed E-state index contributed by atoms with van der Waals surface area (Å²) in [4.78, 5) is 25.6. The van der Waals surface area contributed by atoms with Gasteiger partial charge in [0.15, 0.2) is 0 Å². The quantitative estimate of drug-likeness (QED) is 0.799. The maximum absolute atomic E-state index is 12.4. The summed E-state index contributed by atoms with van der Waals surface area (Å²) in [6, 6.07) is 0. The minimum Gasteiger partial charge on any atom is -0.462 e. The second-order valence-corrected chi connectivity index (χ2v) is 7.10. The fourth-order valence-electron chi connectivity index (χ4n) is 2.74. The van der Waals surface area contributed by atoms with Gasteiger partial charge < -0.3 is 10.1 Å². The van der Waals surface area contributed by atoms with Crippen LogP contribution < -0.4 is 5.32 Å². The highest BCUT2D eigenvalue weighted by atomic mass is 32.1. The summed E-state index contributed by atoms with van der Waals surface area (Å²) < 4.78 is 5.33. The van der Waals surface area contributed by atoms with Crippen molar-refractivity contribution in [1.82, 2.24) is 0 Å². The van der Waals surface area contributed by atoms with E-state index < -0.39 is 0 Å². The Morgan fingerprint density at radius 1 is 1.32 bits per heavy atom. The number of nitrogens with one attached hydrogen (secondary N) is 1. The number of anilines is 1. The molecule has 0 saturated carbocycles. The lowest BCUT2D eigenvalue weighted by atomic mass is 9.88. The van der Waals surface area contributed by atoms with Crippen LogP contribution in [0.1, 0.15) is 67.3 Å². The molecule has 5 heteroatoms. The van der Waals surface area contributed by atoms with Gasteiger partial charge >= 0.3 is 5.97 Å². The molecule has 0 radical (unpaired) electrons. The lowest BCUT2D eigenvalue weighted by Gasteiger charge is -2.18. The molecule has 4 nitrogen and oxygen atoms in total. The second-order valence-electron chi connectivity index (χ2n) is 5.99. The summed E-state index contributed by atoms with van der Waals surface area (Å²) in [5.74, 6) is 0.309. The van der Waals surface area contributed by atoms with Gasteiger partial charge in [0.25, 0.3) is 0 Å². The molecule has 0 saturated heterocycles. The standard InChI is InChI=1S/C17H25NO3S/c1-4-6-14(19)18-16-15(17(20)21-9-5-2)12-8-7-11(3)10-13(12)22-16/h11H,4-10H2,1-3H3,(H,18,19). The number of amides is 1. The first kappa shape index (κ1) is 17.0. The molecule has 1 amide bonds. The van der Waals surface area contributed by atoms with Crippen molar-refractivity contribution >= 4 is 28.2 Å². The molecule has 1 atom stereocenters. The van der Waals surface area contributed by atoms with E-state index in [1.807, 2.05) is 13.8 Å². The van der Waals surface area contributed by atoms with E-state index in [1.165, 1.54) is 4.88 Å². The summed E-state index contributed by atoms with van der Waals surface area (Å²) in [7, 11) is 0. The SMILES string of the molecule is CCCOC(=O)c1c(NC(=O)CCC)sc2c1CCC(C)C2. The Kier molecular flexibility index (Phi) is 6.00. The van der Waals surface area contributed by atoms with Gasteiger partial charge in [0.1, 0.15) is 5.00 Å². The number of carbonyl (C=O) groups excluding carboxylic acids is 2. The van der Waals surface area contributed by atoms with Gasteiger partial charge in [-0.25, -0.2) is 4.79 Å². The first-order valence-electron chi connectivity index (χ1n) is 8.18. The maximum Gasteiger partial charge on any atom is 0.341 e. The van der Waals surface area contributed by atoms with Gasteiger partial charge in [-0.15, -0.1) is 11.3 Å². The fraction of sp³-hybridized carbons (Fsp3) is 0.647. The van der Waals surface area contributed by atoms with Gasteiger partial charge in [0, 0.05) is 11.3 Å². The lowest BCUT2D eigenvalue weighted by molar-refractivity contribution is -0.116. The minimum absolute atomic E-state index is 0.0290. The van der Waals surface area contributed by atoms with E-state index in [4.69, 9.17) is 4.74 Å². The molecule has 0 bridgehead atoms. The lowest BCUT2D eigenvalue weighted by Crippen LogP contribution is -2.16. The topological polar surface area (TPSA) is 55.4 Å². The van der Waals surface area contributed by atoms with Gasteiger partial charge in [-0.05, 0) is 43.6 Å². The van der Waals surface area contributed by atoms with Gasteiger partial charge in [-0.3, -0.25) is 4.79 Å². The molecule has 1 aliphatic carbocycles. The normalized spacial score (nSPS) is 17.0. The zero-order chi connectivity index (χ0) is 16.1. The van der Waals surface area contributed by atoms with Crippen molar-refractivity contribution in [3.8, 4) is 0 Å². The molecular weight excluding hydrogens is 298 g/mol. The molecule has 1 aromatic rings. The first-order chi connectivity index (χ1) is 10.6. The third kappa shape index (κ3) is 3.88. The van der Waals surface area contributed by atoms with Crippen molar-refractivity contribution in [2.45, 2.75) is 59.3 Å². The van der Waals surface area contributed by atoms with Crippen LogP contribution in [0.5, 0.6) is 0 Å². The van der Waals surface area contributed by atoms with Crippen LogP contribution in [0.4, 0.5) is 5.00 Å². The number of rotatable bonds is 6. The molecule has 1 aromatic heterocycles. The summed E-state index contributed by atoms with van der Waals surface area (Å²) in [6.07, 6.45) is 5.03. The van der Waals surface area contributed by atoms with E-state index in [2.05, 4.69) is 12.2 Å². The smallest absolute Gasteiger partial charge is 0.341 e.